The average molecular weight is 327 g/mol. The highest BCUT2D eigenvalue weighted by Crippen LogP contribution is 2.36. The van der Waals surface area contributed by atoms with Crippen LogP contribution in [0.1, 0.15) is 36.8 Å². The number of hydrogen-bond acceptors (Lipinski definition) is 4. The predicted molar refractivity (Wildman–Crippen MR) is 91.5 cm³/mol. The van der Waals surface area contributed by atoms with Gasteiger partial charge in [-0.15, -0.1) is 11.3 Å². The lowest BCUT2D eigenvalue weighted by atomic mass is 10.0. The maximum atomic E-state index is 11.9. The zero-order chi connectivity index (χ0) is 16.4. The molecule has 118 valence electrons. The zero-order valence-electron chi connectivity index (χ0n) is 12.9. The van der Waals surface area contributed by atoms with Crippen LogP contribution < -0.4 is 5.32 Å². The molecule has 2 heterocycles. The van der Waals surface area contributed by atoms with Gasteiger partial charge < -0.3 is 5.32 Å². The minimum atomic E-state index is -0.130. The van der Waals surface area contributed by atoms with Gasteiger partial charge in [0.2, 0.25) is 11.8 Å². The van der Waals surface area contributed by atoms with Crippen molar-refractivity contribution in [3.05, 3.63) is 52.2 Å². The first-order valence-corrected chi connectivity index (χ1v) is 8.22. The standard InChI is InChI=1S/C17H17N3O2S/c1-11(21)18-14-7-4-3-6-13(14)15-10-16(17-8-5-9-23-17)20(19-15)12(2)22/h3-9,16H,10H2,1-2H3,(H,18,21). The molecule has 2 aromatic rings. The summed E-state index contributed by atoms with van der Waals surface area (Å²) in [6, 6.07) is 11.4. The summed E-state index contributed by atoms with van der Waals surface area (Å²) in [6.45, 7) is 3.00. The third-order valence-electron chi connectivity index (χ3n) is 3.65. The van der Waals surface area contributed by atoms with Gasteiger partial charge in [0.25, 0.3) is 0 Å². The van der Waals surface area contributed by atoms with Gasteiger partial charge in [0, 0.05) is 36.4 Å². The Morgan fingerprint density at radius 2 is 2.00 bits per heavy atom. The zero-order valence-corrected chi connectivity index (χ0v) is 13.8. The van der Waals surface area contributed by atoms with Crippen molar-refractivity contribution in [1.82, 2.24) is 5.01 Å². The first-order chi connectivity index (χ1) is 11.1. The highest BCUT2D eigenvalue weighted by Gasteiger charge is 2.32. The fourth-order valence-electron chi connectivity index (χ4n) is 2.70. The van der Waals surface area contributed by atoms with Crippen molar-refractivity contribution in [2.75, 3.05) is 5.32 Å². The van der Waals surface area contributed by atoms with Crippen LogP contribution >= 0.6 is 11.3 Å². The lowest BCUT2D eigenvalue weighted by Gasteiger charge is -2.18. The second-order valence-electron chi connectivity index (χ2n) is 5.37. The number of anilines is 1. The molecule has 2 amide bonds. The van der Waals surface area contributed by atoms with Gasteiger partial charge in [-0.1, -0.05) is 24.3 Å². The van der Waals surface area contributed by atoms with E-state index in [4.69, 9.17) is 0 Å². The number of nitrogens with zero attached hydrogens (tertiary/aromatic N) is 2. The largest absolute Gasteiger partial charge is 0.326 e. The van der Waals surface area contributed by atoms with Crippen LogP contribution in [0, 0.1) is 0 Å². The molecule has 23 heavy (non-hydrogen) atoms. The van der Waals surface area contributed by atoms with Gasteiger partial charge in [-0.2, -0.15) is 5.10 Å². The van der Waals surface area contributed by atoms with Crippen molar-refractivity contribution in [1.29, 1.82) is 0 Å². The number of nitrogens with one attached hydrogen (secondary N) is 1. The monoisotopic (exact) mass is 327 g/mol. The molecule has 1 aromatic carbocycles. The minimum absolute atomic E-state index is 0.0760. The Morgan fingerprint density at radius 1 is 1.22 bits per heavy atom. The van der Waals surface area contributed by atoms with Crippen LogP contribution in [0.4, 0.5) is 5.69 Å². The highest BCUT2D eigenvalue weighted by molar-refractivity contribution is 7.10. The van der Waals surface area contributed by atoms with Crippen LogP contribution in [0.5, 0.6) is 0 Å². The molecular weight excluding hydrogens is 310 g/mol. The second-order valence-corrected chi connectivity index (χ2v) is 6.35. The van der Waals surface area contributed by atoms with E-state index in [1.54, 1.807) is 11.3 Å². The quantitative estimate of drug-likeness (QED) is 0.939. The summed E-state index contributed by atoms with van der Waals surface area (Å²) in [5, 5.41) is 10.9. The van der Waals surface area contributed by atoms with Crippen molar-refractivity contribution >= 4 is 34.6 Å². The van der Waals surface area contributed by atoms with E-state index in [2.05, 4.69) is 10.4 Å². The molecule has 1 aliphatic heterocycles. The number of rotatable bonds is 3. The van der Waals surface area contributed by atoms with Crippen LogP contribution in [0.3, 0.4) is 0 Å². The van der Waals surface area contributed by atoms with E-state index in [0.717, 1.165) is 16.2 Å². The Balaban J connectivity index is 1.96. The minimum Gasteiger partial charge on any atom is -0.326 e. The topological polar surface area (TPSA) is 61.8 Å². The number of carbonyl (C=O) groups is 2. The number of benzene rings is 1. The Hall–Kier alpha value is -2.47. The van der Waals surface area contributed by atoms with Crippen LogP contribution in [0.15, 0.2) is 46.9 Å². The summed E-state index contributed by atoms with van der Waals surface area (Å²) in [5.41, 5.74) is 2.38. The summed E-state index contributed by atoms with van der Waals surface area (Å²) in [4.78, 5) is 24.4. The van der Waals surface area contributed by atoms with Gasteiger partial charge in [-0.3, -0.25) is 9.59 Å². The summed E-state index contributed by atoms with van der Waals surface area (Å²) < 4.78 is 0. The molecule has 6 heteroatoms. The molecule has 0 aliphatic carbocycles. The van der Waals surface area contributed by atoms with Gasteiger partial charge >= 0.3 is 0 Å². The molecule has 1 aromatic heterocycles. The molecule has 1 atom stereocenters. The number of hydrazone groups is 1. The molecule has 0 radical (unpaired) electrons. The summed E-state index contributed by atoms with van der Waals surface area (Å²) in [7, 11) is 0. The summed E-state index contributed by atoms with van der Waals surface area (Å²) >= 11 is 1.62. The molecule has 1 aliphatic rings. The SMILES string of the molecule is CC(=O)Nc1ccccc1C1=NN(C(C)=O)C(c2cccs2)C1. The number of para-hydroxylation sites is 1. The molecule has 0 spiro atoms. The van der Waals surface area contributed by atoms with E-state index in [0.29, 0.717) is 12.1 Å². The third-order valence-corrected chi connectivity index (χ3v) is 4.63. The summed E-state index contributed by atoms with van der Waals surface area (Å²) in [5.74, 6) is -0.218. The lowest BCUT2D eigenvalue weighted by Crippen LogP contribution is -2.23. The van der Waals surface area contributed by atoms with E-state index in [1.807, 2.05) is 41.8 Å². The number of thiophene rings is 1. The molecule has 0 saturated carbocycles. The smallest absolute Gasteiger partial charge is 0.240 e. The Bertz CT molecular complexity index is 768. The first kappa shape index (κ1) is 15.4. The van der Waals surface area contributed by atoms with Gasteiger partial charge in [0.15, 0.2) is 0 Å². The van der Waals surface area contributed by atoms with Crippen LogP contribution in [0.25, 0.3) is 0 Å². The Kier molecular flexibility index (Phi) is 4.25. The van der Waals surface area contributed by atoms with E-state index >= 15 is 0 Å². The van der Waals surface area contributed by atoms with E-state index in [1.165, 1.54) is 18.9 Å². The van der Waals surface area contributed by atoms with Crippen molar-refractivity contribution < 1.29 is 9.59 Å². The van der Waals surface area contributed by atoms with E-state index in [-0.39, 0.29) is 17.9 Å². The molecule has 5 nitrogen and oxygen atoms in total. The summed E-state index contributed by atoms with van der Waals surface area (Å²) in [6.07, 6.45) is 0.636. The van der Waals surface area contributed by atoms with Crippen molar-refractivity contribution in [3.8, 4) is 0 Å². The predicted octanol–water partition coefficient (Wildman–Crippen LogP) is 3.40. The van der Waals surface area contributed by atoms with E-state index < -0.39 is 0 Å². The fraction of sp³-hybridized carbons (Fsp3) is 0.235. The van der Waals surface area contributed by atoms with Crippen LogP contribution in [0.2, 0.25) is 0 Å². The second kappa shape index (κ2) is 6.34. The lowest BCUT2D eigenvalue weighted by molar-refractivity contribution is -0.130. The van der Waals surface area contributed by atoms with Gasteiger partial charge in [-0.25, -0.2) is 5.01 Å². The van der Waals surface area contributed by atoms with Gasteiger partial charge in [-0.05, 0) is 17.5 Å². The van der Waals surface area contributed by atoms with Crippen molar-refractivity contribution in [2.45, 2.75) is 26.3 Å². The number of carbonyl (C=O) groups excluding carboxylic acids is 2. The van der Waals surface area contributed by atoms with E-state index in [9.17, 15) is 9.59 Å². The molecule has 1 N–H and O–H groups in total. The van der Waals surface area contributed by atoms with Gasteiger partial charge in [0.05, 0.1) is 11.8 Å². The number of amides is 2. The maximum absolute atomic E-state index is 11.9. The van der Waals surface area contributed by atoms with Crippen molar-refractivity contribution in [3.63, 3.8) is 0 Å². The Labute approximate surface area is 138 Å². The van der Waals surface area contributed by atoms with Crippen molar-refractivity contribution in [2.24, 2.45) is 5.10 Å². The fourth-order valence-corrected chi connectivity index (χ4v) is 3.51. The maximum Gasteiger partial charge on any atom is 0.240 e. The highest BCUT2D eigenvalue weighted by atomic mass is 32.1. The molecule has 0 fully saturated rings. The van der Waals surface area contributed by atoms with Crippen LogP contribution in [-0.4, -0.2) is 22.5 Å². The molecule has 0 bridgehead atoms. The molecule has 0 saturated heterocycles. The molecule has 1 unspecified atom stereocenters. The number of hydrogen-bond donors (Lipinski definition) is 1. The molecular formula is C17H17N3O2S. The Morgan fingerprint density at radius 3 is 2.65 bits per heavy atom. The van der Waals surface area contributed by atoms with Crippen LogP contribution in [-0.2, 0) is 9.59 Å². The average Bonchev–Trinajstić information content (AvgIpc) is 3.16. The third kappa shape index (κ3) is 3.17. The normalized spacial score (nSPS) is 17.0. The first-order valence-electron chi connectivity index (χ1n) is 7.34. The van der Waals surface area contributed by atoms with Gasteiger partial charge in [0.1, 0.15) is 0 Å². The molecule has 3 rings (SSSR count).